The van der Waals surface area contributed by atoms with Gasteiger partial charge in [0, 0.05) is 44.1 Å². The number of benzene rings is 1. The van der Waals surface area contributed by atoms with Crippen molar-refractivity contribution in [3.8, 4) is 11.8 Å². The van der Waals surface area contributed by atoms with E-state index in [1.54, 1.807) is 12.7 Å². The molecule has 1 saturated heterocycles. The second-order valence-electron chi connectivity index (χ2n) is 13.6. The lowest BCUT2D eigenvalue weighted by atomic mass is 9.50. The topological polar surface area (TPSA) is 79.2 Å². The van der Waals surface area contributed by atoms with E-state index in [0.29, 0.717) is 18.3 Å². The van der Waals surface area contributed by atoms with E-state index in [1.807, 2.05) is 0 Å². The summed E-state index contributed by atoms with van der Waals surface area (Å²) >= 11 is 0. The molecule has 6 nitrogen and oxygen atoms in total. The molecule has 1 aliphatic heterocycles. The molecule has 0 bridgehead atoms. The fourth-order valence-electron chi connectivity index (χ4n) is 9.59. The molecule has 0 aromatic heterocycles. The number of nitrogens with zero attached hydrogens (tertiary/aromatic N) is 2. The summed E-state index contributed by atoms with van der Waals surface area (Å²) in [4.78, 5) is 27.6. The van der Waals surface area contributed by atoms with Gasteiger partial charge in [0.25, 0.3) is 0 Å². The van der Waals surface area contributed by atoms with Gasteiger partial charge in [0.1, 0.15) is 19.3 Å². The number of piperidine rings is 1. The molecule has 1 N–H and O–H groups in total. The molecule has 4 aliphatic carbocycles. The minimum Gasteiger partial charge on any atom is -0.384 e. The number of nitroso groups, excluding NO2 is 1. The molecule has 1 aromatic rings. The van der Waals surface area contributed by atoms with Crippen molar-refractivity contribution >= 4 is 11.5 Å². The van der Waals surface area contributed by atoms with Crippen molar-refractivity contribution in [2.24, 2.45) is 34.3 Å². The quantitative estimate of drug-likeness (QED) is 0.296. The third kappa shape index (κ3) is 5.28. The van der Waals surface area contributed by atoms with Crippen LogP contribution >= 0.6 is 0 Å². The smallest absolute Gasteiger partial charge is 0.162 e. The van der Waals surface area contributed by atoms with Gasteiger partial charge < -0.3 is 14.7 Å². The van der Waals surface area contributed by atoms with E-state index in [1.165, 1.54) is 41.7 Å². The lowest BCUT2D eigenvalue weighted by Gasteiger charge is -2.54. The van der Waals surface area contributed by atoms with Crippen molar-refractivity contribution in [1.82, 2.24) is 0 Å². The largest absolute Gasteiger partial charge is 0.384 e. The summed E-state index contributed by atoms with van der Waals surface area (Å²) in [5.41, 5.74) is 6.83. The zero-order valence-electron chi connectivity index (χ0n) is 25.3. The predicted molar refractivity (Wildman–Crippen MR) is 166 cm³/mol. The number of aliphatic hydroxyl groups is 1. The Hall–Kier alpha value is -2.75. The van der Waals surface area contributed by atoms with Crippen molar-refractivity contribution in [2.75, 3.05) is 38.3 Å². The first kappa shape index (κ1) is 29.3. The molecule has 7 atom stereocenters. The highest BCUT2D eigenvalue weighted by Gasteiger charge is 2.58. The second-order valence-corrected chi connectivity index (χ2v) is 13.6. The second kappa shape index (κ2) is 12.5. The Morgan fingerprint density at radius 1 is 1.12 bits per heavy atom. The maximum atomic E-state index is 13.4. The van der Waals surface area contributed by atoms with Crippen LogP contribution in [0.2, 0.25) is 0 Å². The summed E-state index contributed by atoms with van der Waals surface area (Å²) in [5, 5.41) is 12.8. The Morgan fingerprint density at radius 3 is 2.62 bits per heavy atom. The number of aliphatic hydroxyl groups excluding tert-OH is 1. The molecule has 0 amide bonds. The van der Waals surface area contributed by atoms with Crippen molar-refractivity contribution in [1.29, 1.82) is 0 Å². The van der Waals surface area contributed by atoms with E-state index in [4.69, 9.17) is 4.74 Å². The Morgan fingerprint density at radius 2 is 1.90 bits per heavy atom. The number of carbonyl (C=O) groups is 1. The number of rotatable bonds is 7. The first-order valence-corrected chi connectivity index (χ1v) is 16.2. The number of ether oxygens (including phenoxy) is 1. The molecule has 2 unspecified atom stereocenters. The van der Waals surface area contributed by atoms with Crippen LogP contribution in [0.3, 0.4) is 0 Å². The van der Waals surface area contributed by atoms with E-state index in [0.717, 1.165) is 51.6 Å². The van der Waals surface area contributed by atoms with E-state index < -0.39 is 0 Å². The van der Waals surface area contributed by atoms with Crippen molar-refractivity contribution in [3.63, 3.8) is 0 Å². The van der Waals surface area contributed by atoms with Crippen LogP contribution in [0, 0.1) is 45.8 Å². The number of Topliss-reactive ketones (excluding diaryl/α,β-unsaturated/α-hetero) is 1. The van der Waals surface area contributed by atoms with Gasteiger partial charge in [0.2, 0.25) is 0 Å². The molecule has 6 heteroatoms. The average molecular weight is 571 g/mol. The molecule has 3 fully saturated rings. The van der Waals surface area contributed by atoms with Crippen LogP contribution in [0.5, 0.6) is 0 Å². The minimum absolute atomic E-state index is 0.0173. The van der Waals surface area contributed by atoms with E-state index in [9.17, 15) is 14.8 Å². The molecule has 2 saturated carbocycles. The third-order valence-corrected chi connectivity index (χ3v) is 11.4. The van der Waals surface area contributed by atoms with Crippen LogP contribution < -0.4 is 4.90 Å². The molecule has 5 aliphatic rings. The summed E-state index contributed by atoms with van der Waals surface area (Å²) in [6.07, 6.45) is 12.2. The highest BCUT2D eigenvalue weighted by Crippen LogP contribution is 2.66. The fraction of sp³-hybridized carbons (Fsp3) is 0.639. The maximum Gasteiger partial charge on any atom is 0.162 e. The lowest BCUT2D eigenvalue weighted by Crippen LogP contribution is -2.46. The molecular formula is C36H46N2O4. The zero-order chi connectivity index (χ0) is 29.3. The number of hydrogen-bond acceptors (Lipinski definition) is 6. The van der Waals surface area contributed by atoms with Gasteiger partial charge in [-0.1, -0.05) is 41.8 Å². The van der Waals surface area contributed by atoms with Gasteiger partial charge in [-0.2, -0.15) is 4.91 Å². The maximum absolute atomic E-state index is 13.4. The van der Waals surface area contributed by atoms with E-state index in [-0.39, 0.29) is 48.2 Å². The summed E-state index contributed by atoms with van der Waals surface area (Å²) in [6, 6.07) is 9.05. The predicted octanol–water partition coefficient (Wildman–Crippen LogP) is 6.59. The molecular weight excluding hydrogens is 524 g/mol. The summed E-state index contributed by atoms with van der Waals surface area (Å²) in [6.45, 7) is 4.69. The summed E-state index contributed by atoms with van der Waals surface area (Å²) < 4.78 is 5.35. The molecule has 42 heavy (non-hydrogen) atoms. The van der Waals surface area contributed by atoms with Gasteiger partial charge in [-0.05, 0) is 110 Å². The summed E-state index contributed by atoms with van der Waals surface area (Å²) in [7, 11) is 1.63. The molecule has 6 rings (SSSR count). The highest BCUT2D eigenvalue weighted by molar-refractivity contribution is 5.83. The van der Waals surface area contributed by atoms with Crippen LogP contribution in [-0.2, 0) is 9.53 Å². The van der Waals surface area contributed by atoms with Crippen LogP contribution in [0.4, 0.5) is 5.69 Å². The van der Waals surface area contributed by atoms with Crippen LogP contribution in [0.15, 0.2) is 52.2 Å². The zero-order valence-corrected chi connectivity index (χ0v) is 25.3. The lowest BCUT2D eigenvalue weighted by molar-refractivity contribution is -0.131. The van der Waals surface area contributed by atoms with Gasteiger partial charge in [-0.25, -0.2) is 0 Å². The van der Waals surface area contributed by atoms with Crippen LogP contribution in [-0.4, -0.2) is 50.3 Å². The number of hydrogen-bond donors (Lipinski definition) is 1. The number of ketones is 1. The van der Waals surface area contributed by atoms with Gasteiger partial charge >= 0.3 is 0 Å². The average Bonchev–Trinajstić information content (AvgIpc) is 3.38. The molecule has 1 aromatic carbocycles. The van der Waals surface area contributed by atoms with Crippen molar-refractivity contribution in [3.05, 3.63) is 57.5 Å². The molecule has 0 spiro atoms. The third-order valence-electron chi connectivity index (χ3n) is 11.4. The van der Waals surface area contributed by atoms with Crippen molar-refractivity contribution < 1.29 is 14.6 Å². The molecule has 0 radical (unpaired) electrons. The molecule has 224 valence electrons. The van der Waals surface area contributed by atoms with Gasteiger partial charge in [-0.3, -0.25) is 4.79 Å². The molecule has 1 heterocycles. The number of anilines is 1. The van der Waals surface area contributed by atoms with Crippen LogP contribution in [0.25, 0.3) is 0 Å². The summed E-state index contributed by atoms with van der Waals surface area (Å²) in [5.74, 6) is 7.61. The van der Waals surface area contributed by atoms with Gasteiger partial charge in [0.15, 0.2) is 5.78 Å². The monoisotopic (exact) mass is 570 g/mol. The highest BCUT2D eigenvalue weighted by atomic mass is 16.5. The number of allylic oxidation sites excluding steroid dienone is 3. The Bertz CT molecular complexity index is 1300. The van der Waals surface area contributed by atoms with Crippen LogP contribution in [0.1, 0.15) is 82.6 Å². The number of methoxy groups -OCH3 is 1. The van der Waals surface area contributed by atoms with Gasteiger partial charge in [0.05, 0.1) is 0 Å². The number of fused-ring (bicyclic) bond motifs is 4. The minimum atomic E-state index is -0.284. The normalized spacial score (nSPS) is 34.0. The Kier molecular flexibility index (Phi) is 8.70. The Labute approximate surface area is 250 Å². The fourth-order valence-corrected chi connectivity index (χ4v) is 9.59. The van der Waals surface area contributed by atoms with E-state index in [2.05, 4.69) is 59.2 Å². The first-order valence-electron chi connectivity index (χ1n) is 16.2. The standard InChI is InChI=1S/C36H46N2O4/c1-36-22-31(24-9-12-27(13-10-24)38-17-5-3-6-18-38)35-28-14-11-26(37-41)21-29(28)25(8-4-7-19-39)20-30(35)32(36)15-16-33(36)34(40)23-42-2/h9-10,12-13,21,25-26,30-33,39H,3,5-6,8,11,14-20,22-23H2,1-2H3/t25?,26?,30-,31+,32-,33+,36-/m0/s1. The number of carbonyl (C=O) groups excluding carboxylic acids is 1. The van der Waals surface area contributed by atoms with Gasteiger partial charge in [-0.15, -0.1) is 5.92 Å². The van der Waals surface area contributed by atoms with E-state index >= 15 is 0 Å². The first-order chi connectivity index (χ1) is 20.5. The van der Waals surface area contributed by atoms with Crippen molar-refractivity contribution in [2.45, 2.75) is 83.1 Å². The Balaban J connectivity index is 1.44. The SMILES string of the molecule is COCC(=O)[C@H]1CC[C@H]2[C@@H]3CC(CC#CCO)C4=CC(N=O)CCC4=C3[C@@H](c3ccc(N4CCCCC4)cc3)C[C@]12C.